The molecule has 194 valence electrons. The average Bonchev–Trinajstić information content (AvgIpc) is 3.58. The number of aryl methyl sites for hydroxylation is 2. The molecule has 0 aliphatic carbocycles. The van der Waals surface area contributed by atoms with E-state index in [9.17, 15) is 19.5 Å². The summed E-state index contributed by atoms with van der Waals surface area (Å²) in [5, 5.41) is 11.8. The summed E-state index contributed by atoms with van der Waals surface area (Å²) in [6.07, 6.45) is 0. The van der Waals surface area contributed by atoms with Crippen LogP contribution in [0.4, 0.5) is 5.13 Å². The summed E-state index contributed by atoms with van der Waals surface area (Å²) in [5.74, 6) is -2.34. The lowest BCUT2D eigenvalue weighted by atomic mass is 9.94. The Hall–Kier alpha value is -4.44. The van der Waals surface area contributed by atoms with Crippen molar-refractivity contribution in [2.75, 3.05) is 18.6 Å². The number of Topliss-reactive ketones (excluding diaryl/α,β-unsaturated/α-hetero) is 1. The van der Waals surface area contributed by atoms with Gasteiger partial charge in [-0.3, -0.25) is 14.5 Å². The zero-order valence-electron chi connectivity index (χ0n) is 21.1. The molecular formula is C28H24N2O7S. The predicted molar refractivity (Wildman–Crippen MR) is 141 cm³/mol. The van der Waals surface area contributed by atoms with E-state index in [-0.39, 0.29) is 27.9 Å². The van der Waals surface area contributed by atoms with Crippen LogP contribution in [0, 0.1) is 13.8 Å². The van der Waals surface area contributed by atoms with Gasteiger partial charge in [0, 0.05) is 5.39 Å². The number of esters is 1. The maximum absolute atomic E-state index is 13.8. The number of thiazole rings is 1. The molecule has 0 spiro atoms. The predicted octanol–water partition coefficient (Wildman–Crippen LogP) is 5.47. The summed E-state index contributed by atoms with van der Waals surface area (Å²) in [6.45, 7) is 5.43. The van der Waals surface area contributed by atoms with Crippen molar-refractivity contribution in [1.82, 2.24) is 4.98 Å². The van der Waals surface area contributed by atoms with E-state index in [0.717, 1.165) is 16.9 Å². The maximum Gasteiger partial charge on any atom is 0.350 e. The molecule has 1 aliphatic heterocycles. The van der Waals surface area contributed by atoms with Crippen LogP contribution in [0.25, 0.3) is 11.0 Å². The van der Waals surface area contributed by atoms with Gasteiger partial charge in [-0.1, -0.05) is 53.3 Å². The number of benzene rings is 2. The average molecular weight is 533 g/mol. The molecular weight excluding hydrogens is 508 g/mol. The van der Waals surface area contributed by atoms with Gasteiger partial charge >= 0.3 is 5.97 Å². The highest BCUT2D eigenvalue weighted by molar-refractivity contribution is 7.17. The Kier molecular flexibility index (Phi) is 6.50. The molecule has 2 aromatic heterocycles. The molecule has 5 rings (SSSR count). The van der Waals surface area contributed by atoms with Gasteiger partial charge < -0.3 is 19.0 Å². The second-order valence-electron chi connectivity index (χ2n) is 8.70. The first-order valence-corrected chi connectivity index (χ1v) is 12.7. The first kappa shape index (κ1) is 25.2. The van der Waals surface area contributed by atoms with Crippen LogP contribution in [-0.4, -0.2) is 41.5 Å². The molecule has 38 heavy (non-hydrogen) atoms. The summed E-state index contributed by atoms with van der Waals surface area (Å²) >= 11 is 0.961. The van der Waals surface area contributed by atoms with Gasteiger partial charge in [-0.15, -0.1) is 0 Å². The lowest BCUT2D eigenvalue weighted by Crippen LogP contribution is -2.31. The van der Waals surface area contributed by atoms with Crippen molar-refractivity contribution in [3.05, 3.63) is 87.3 Å². The van der Waals surface area contributed by atoms with Gasteiger partial charge in [0.1, 0.15) is 4.88 Å². The van der Waals surface area contributed by atoms with E-state index in [2.05, 4.69) is 4.98 Å². The summed E-state index contributed by atoms with van der Waals surface area (Å²) < 4.78 is 16.3. The molecule has 2 aromatic carbocycles. The lowest BCUT2D eigenvalue weighted by Gasteiger charge is -2.24. The maximum atomic E-state index is 13.8. The summed E-state index contributed by atoms with van der Waals surface area (Å²) in [4.78, 5) is 45.6. The van der Waals surface area contributed by atoms with Gasteiger partial charge in [-0.2, -0.15) is 0 Å². The van der Waals surface area contributed by atoms with Gasteiger partial charge in [0.25, 0.3) is 5.91 Å². The number of amides is 1. The molecule has 0 fully saturated rings. The van der Waals surface area contributed by atoms with Gasteiger partial charge in [0.05, 0.1) is 31.0 Å². The number of ketones is 1. The number of hydrogen-bond donors (Lipinski definition) is 1. The molecule has 4 aromatic rings. The van der Waals surface area contributed by atoms with Gasteiger partial charge in [0.2, 0.25) is 5.78 Å². The quantitative estimate of drug-likeness (QED) is 0.246. The standard InChI is InChI=1S/C28H24N2O7S/c1-5-36-27(34)25-15(3)29-28(38-25)30-21(16-11-9-14(2)10-12-16)20(23(32)26(30)33)22(31)19-13-17-7-6-8-18(35-4)24(17)37-19/h6-13,21,32H,5H2,1-4H3. The van der Waals surface area contributed by atoms with Crippen LogP contribution >= 0.6 is 11.3 Å². The molecule has 1 aliphatic rings. The van der Waals surface area contributed by atoms with E-state index in [1.165, 1.54) is 12.0 Å². The van der Waals surface area contributed by atoms with E-state index >= 15 is 0 Å². The largest absolute Gasteiger partial charge is 0.503 e. The second kappa shape index (κ2) is 9.79. The minimum atomic E-state index is -1.01. The van der Waals surface area contributed by atoms with Crippen molar-refractivity contribution in [3.63, 3.8) is 0 Å². The van der Waals surface area contributed by atoms with Crippen LogP contribution in [0.2, 0.25) is 0 Å². The number of fused-ring (bicyclic) bond motifs is 1. The Morgan fingerprint density at radius 2 is 1.89 bits per heavy atom. The van der Waals surface area contributed by atoms with E-state index in [1.54, 1.807) is 50.2 Å². The van der Waals surface area contributed by atoms with Crippen LogP contribution in [0.5, 0.6) is 5.75 Å². The summed E-state index contributed by atoms with van der Waals surface area (Å²) in [5.41, 5.74) is 2.16. The first-order chi connectivity index (χ1) is 18.2. The third kappa shape index (κ3) is 4.12. The van der Waals surface area contributed by atoms with E-state index in [4.69, 9.17) is 13.9 Å². The Morgan fingerprint density at radius 3 is 2.58 bits per heavy atom. The second-order valence-corrected chi connectivity index (χ2v) is 9.68. The Balaban J connectivity index is 1.64. The highest BCUT2D eigenvalue weighted by Gasteiger charge is 2.47. The summed E-state index contributed by atoms with van der Waals surface area (Å²) in [6, 6.07) is 13.0. The minimum Gasteiger partial charge on any atom is -0.503 e. The number of methoxy groups -OCH3 is 1. The van der Waals surface area contributed by atoms with Crippen molar-refractivity contribution in [2.24, 2.45) is 0 Å². The van der Waals surface area contributed by atoms with Crippen LogP contribution < -0.4 is 9.64 Å². The molecule has 10 heteroatoms. The molecule has 0 saturated carbocycles. The van der Waals surface area contributed by atoms with Crippen molar-refractivity contribution >= 4 is 45.1 Å². The number of aromatic nitrogens is 1. The fourth-order valence-electron chi connectivity index (χ4n) is 4.41. The molecule has 1 amide bonds. The molecule has 3 heterocycles. The fourth-order valence-corrected chi connectivity index (χ4v) is 5.40. The highest BCUT2D eigenvalue weighted by atomic mass is 32.1. The van der Waals surface area contributed by atoms with Crippen LogP contribution in [-0.2, 0) is 9.53 Å². The number of para-hydroxylation sites is 1. The van der Waals surface area contributed by atoms with Crippen molar-refractivity contribution in [2.45, 2.75) is 26.8 Å². The molecule has 1 unspecified atom stereocenters. The third-order valence-electron chi connectivity index (χ3n) is 6.25. The number of aliphatic hydroxyl groups excluding tert-OH is 1. The molecule has 0 bridgehead atoms. The molecule has 1 N–H and O–H groups in total. The Labute approximate surface area is 221 Å². The number of nitrogens with zero attached hydrogens (tertiary/aromatic N) is 2. The summed E-state index contributed by atoms with van der Waals surface area (Å²) in [7, 11) is 1.49. The van der Waals surface area contributed by atoms with Gasteiger partial charge in [-0.05, 0) is 38.5 Å². The molecule has 0 radical (unpaired) electrons. The molecule has 9 nitrogen and oxygen atoms in total. The normalized spacial score (nSPS) is 15.4. The number of anilines is 1. The topological polar surface area (TPSA) is 119 Å². The molecule has 1 atom stereocenters. The van der Waals surface area contributed by atoms with Crippen LogP contribution in [0.1, 0.15) is 50.0 Å². The number of ether oxygens (including phenoxy) is 2. The van der Waals surface area contributed by atoms with Gasteiger partial charge in [0.15, 0.2) is 28.0 Å². The van der Waals surface area contributed by atoms with Gasteiger partial charge in [-0.25, -0.2) is 9.78 Å². The number of carbonyl (C=O) groups excluding carboxylic acids is 3. The van der Waals surface area contributed by atoms with Crippen LogP contribution in [0.15, 0.2) is 64.3 Å². The minimum absolute atomic E-state index is 0.0552. The number of aliphatic hydroxyl groups is 1. The lowest BCUT2D eigenvalue weighted by molar-refractivity contribution is -0.117. The van der Waals surface area contributed by atoms with E-state index in [0.29, 0.717) is 28.0 Å². The smallest absolute Gasteiger partial charge is 0.350 e. The van der Waals surface area contributed by atoms with E-state index in [1.807, 2.05) is 19.1 Å². The molecule has 0 saturated heterocycles. The SMILES string of the molecule is CCOC(=O)c1sc(N2C(=O)C(O)=C(C(=O)c3cc4cccc(OC)c4o3)C2c2ccc(C)cc2)nc1C. The van der Waals surface area contributed by atoms with Crippen molar-refractivity contribution < 1.29 is 33.4 Å². The zero-order valence-corrected chi connectivity index (χ0v) is 21.9. The van der Waals surface area contributed by atoms with Crippen molar-refractivity contribution in [3.8, 4) is 5.75 Å². The first-order valence-electron chi connectivity index (χ1n) is 11.8. The Morgan fingerprint density at radius 1 is 1.16 bits per heavy atom. The zero-order chi connectivity index (χ0) is 27.1. The third-order valence-corrected chi connectivity index (χ3v) is 7.39. The highest BCUT2D eigenvalue weighted by Crippen LogP contribution is 2.44. The fraction of sp³-hybridized carbons (Fsp3) is 0.214. The Bertz CT molecular complexity index is 1610. The van der Waals surface area contributed by atoms with Crippen LogP contribution in [0.3, 0.4) is 0 Å². The van der Waals surface area contributed by atoms with Crippen molar-refractivity contribution in [1.29, 1.82) is 0 Å². The number of rotatable bonds is 7. The van der Waals surface area contributed by atoms with E-state index < -0.39 is 29.5 Å². The monoisotopic (exact) mass is 532 g/mol. The number of furan rings is 1. The number of hydrogen-bond acceptors (Lipinski definition) is 9. The number of carbonyl (C=O) groups is 3.